The van der Waals surface area contributed by atoms with Crippen LogP contribution in [-0.4, -0.2) is 15.7 Å². The molecule has 27 heavy (non-hydrogen) atoms. The maximum absolute atomic E-state index is 12.9. The van der Waals surface area contributed by atoms with Gasteiger partial charge in [0.15, 0.2) is 0 Å². The van der Waals surface area contributed by atoms with E-state index in [1.807, 2.05) is 16.8 Å². The number of aryl methyl sites for hydroxylation is 2. The van der Waals surface area contributed by atoms with Gasteiger partial charge in [-0.25, -0.2) is 4.68 Å². The summed E-state index contributed by atoms with van der Waals surface area (Å²) in [5.74, 6) is 2.17. The summed E-state index contributed by atoms with van der Waals surface area (Å²) in [6.45, 7) is 4.15. The van der Waals surface area contributed by atoms with Crippen molar-refractivity contribution in [3.8, 4) is 5.69 Å². The van der Waals surface area contributed by atoms with Crippen LogP contribution in [0.25, 0.3) is 5.69 Å². The average molecular weight is 463 g/mol. The number of carbonyl (C=O) groups excluding carboxylic acids is 1. The van der Waals surface area contributed by atoms with Crippen molar-refractivity contribution in [2.75, 3.05) is 5.32 Å². The van der Waals surface area contributed by atoms with E-state index >= 15 is 0 Å². The van der Waals surface area contributed by atoms with Crippen molar-refractivity contribution >= 4 is 51.0 Å². The van der Waals surface area contributed by atoms with Crippen LogP contribution in [0.5, 0.6) is 0 Å². The first-order valence-electron chi connectivity index (χ1n) is 8.46. The predicted octanol–water partition coefficient (Wildman–Crippen LogP) is 5.90. The number of rotatable bonds is 3. The molecule has 0 saturated heterocycles. The molecule has 1 aliphatic heterocycles. The maximum atomic E-state index is 12.9. The van der Waals surface area contributed by atoms with Crippen molar-refractivity contribution in [1.82, 2.24) is 9.78 Å². The molecule has 0 aliphatic carbocycles. The molecule has 0 bridgehead atoms. The van der Waals surface area contributed by atoms with E-state index < -0.39 is 0 Å². The minimum Gasteiger partial charge on any atom is -0.306 e. The predicted molar refractivity (Wildman–Crippen MR) is 115 cm³/mol. The van der Waals surface area contributed by atoms with Crippen molar-refractivity contribution in [3.63, 3.8) is 0 Å². The van der Waals surface area contributed by atoms with Crippen molar-refractivity contribution < 1.29 is 4.79 Å². The van der Waals surface area contributed by atoms with Gasteiger partial charge in [-0.15, -0.1) is 0 Å². The Hall–Kier alpha value is -1.76. The van der Waals surface area contributed by atoms with Gasteiger partial charge in [0, 0.05) is 21.5 Å². The molecular formula is C20H17BrClN3OS. The van der Waals surface area contributed by atoms with Crippen LogP contribution in [0.3, 0.4) is 0 Å². The van der Waals surface area contributed by atoms with E-state index in [1.165, 1.54) is 11.1 Å². The highest BCUT2D eigenvalue weighted by Gasteiger charge is 2.25. The van der Waals surface area contributed by atoms with Crippen molar-refractivity contribution in [2.45, 2.75) is 25.4 Å². The molecule has 1 aliphatic rings. The summed E-state index contributed by atoms with van der Waals surface area (Å²) in [6.07, 6.45) is 0. The van der Waals surface area contributed by atoms with E-state index in [9.17, 15) is 4.79 Å². The number of thioether (sulfide) groups is 1. The Labute approximate surface area is 175 Å². The van der Waals surface area contributed by atoms with Crippen LogP contribution in [0.2, 0.25) is 5.02 Å². The molecule has 0 saturated carbocycles. The number of amides is 1. The lowest BCUT2D eigenvalue weighted by atomic mass is 10.1. The van der Waals surface area contributed by atoms with Gasteiger partial charge in [0.2, 0.25) is 0 Å². The first-order chi connectivity index (χ1) is 12.9. The highest BCUT2D eigenvalue weighted by Crippen LogP contribution is 2.36. The molecule has 2 heterocycles. The van der Waals surface area contributed by atoms with Crippen LogP contribution in [0.4, 0.5) is 5.82 Å². The number of anilines is 1. The Morgan fingerprint density at radius 3 is 2.78 bits per heavy atom. The van der Waals surface area contributed by atoms with E-state index in [0.29, 0.717) is 10.6 Å². The molecule has 4 rings (SSSR count). The molecule has 0 unspecified atom stereocenters. The van der Waals surface area contributed by atoms with E-state index in [4.69, 9.17) is 16.7 Å². The highest BCUT2D eigenvalue weighted by atomic mass is 79.9. The average Bonchev–Trinajstić information content (AvgIpc) is 3.22. The number of nitrogens with zero attached hydrogens (tertiary/aromatic N) is 2. The maximum Gasteiger partial charge on any atom is 0.258 e. The SMILES string of the molecule is Cc1ccc(-n2nc3c(c2NC(=O)c2cc(Br)ccc2Cl)CSC3)cc1C. The first-order valence-corrected chi connectivity index (χ1v) is 10.8. The zero-order chi connectivity index (χ0) is 19.1. The molecule has 1 aromatic heterocycles. The fourth-order valence-corrected chi connectivity index (χ4v) is 4.63. The third-order valence-corrected chi connectivity index (χ3v) is 6.49. The Kier molecular flexibility index (Phi) is 5.05. The summed E-state index contributed by atoms with van der Waals surface area (Å²) in [7, 11) is 0. The summed E-state index contributed by atoms with van der Waals surface area (Å²) in [6, 6.07) is 11.4. The van der Waals surface area contributed by atoms with Gasteiger partial charge < -0.3 is 5.32 Å². The number of benzene rings is 2. The van der Waals surface area contributed by atoms with E-state index in [2.05, 4.69) is 47.2 Å². The van der Waals surface area contributed by atoms with Gasteiger partial charge in [-0.3, -0.25) is 4.79 Å². The number of halogens is 2. The molecule has 2 aromatic carbocycles. The molecule has 1 amide bonds. The number of carbonyl (C=O) groups is 1. The Balaban J connectivity index is 1.77. The van der Waals surface area contributed by atoms with Crippen LogP contribution < -0.4 is 5.32 Å². The van der Waals surface area contributed by atoms with Crippen LogP contribution in [0.1, 0.15) is 32.7 Å². The zero-order valence-corrected chi connectivity index (χ0v) is 18.0. The smallest absolute Gasteiger partial charge is 0.258 e. The number of nitrogens with one attached hydrogen (secondary N) is 1. The van der Waals surface area contributed by atoms with E-state index in [0.717, 1.165) is 38.7 Å². The lowest BCUT2D eigenvalue weighted by Gasteiger charge is -2.13. The molecule has 4 nitrogen and oxygen atoms in total. The number of aromatic nitrogens is 2. The largest absolute Gasteiger partial charge is 0.306 e. The standard InChI is InChI=1S/C20H17BrClN3OS/c1-11-3-5-14(7-12(11)2)25-19(16-9-27-10-18(16)24-25)23-20(26)15-8-13(21)4-6-17(15)22/h3-8H,9-10H2,1-2H3,(H,23,26). The number of hydrogen-bond donors (Lipinski definition) is 1. The minimum absolute atomic E-state index is 0.244. The van der Waals surface area contributed by atoms with Gasteiger partial charge in [-0.05, 0) is 55.3 Å². The first kappa shape index (κ1) is 18.6. The third kappa shape index (κ3) is 3.53. The molecule has 138 valence electrons. The molecule has 1 N–H and O–H groups in total. The van der Waals surface area contributed by atoms with Gasteiger partial charge in [0.1, 0.15) is 5.82 Å². The van der Waals surface area contributed by atoms with Crippen molar-refractivity contribution in [3.05, 3.63) is 73.8 Å². The molecule has 0 fully saturated rings. The molecule has 0 atom stereocenters. The van der Waals surface area contributed by atoms with Gasteiger partial charge in [0.25, 0.3) is 5.91 Å². The number of fused-ring (bicyclic) bond motifs is 1. The van der Waals surface area contributed by atoms with Crippen LogP contribution in [0, 0.1) is 13.8 Å². The third-order valence-electron chi connectivity index (χ3n) is 4.69. The fraction of sp³-hybridized carbons (Fsp3) is 0.200. The van der Waals surface area contributed by atoms with Gasteiger partial charge in [-0.2, -0.15) is 16.9 Å². The second-order valence-electron chi connectivity index (χ2n) is 6.53. The summed E-state index contributed by atoms with van der Waals surface area (Å²) < 4.78 is 2.64. The number of hydrogen-bond acceptors (Lipinski definition) is 3. The summed E-state index contributed by atoms with van der Waals surface area (Å²) in [5, 5.41) is 8.22. The second-order valence-corrected chi connectivity index (χ2v) is 8.83. The summed E-state index contributed by atoms with van der Waals surface area (Å²) >= 11 is 11.4. The van der Waals surface area contributed by atoms with Crippen LogP contribution >= 0.6 is 39.3 Å². The zero-order valence-electron chi connectivity index (χ0n) is 14.8. The van der Waals surface area contributed by atoms with Gasteiger partial charge in [0.05, 0.1) is 22.0 Å². The lowest BCUT2D eigenvalue weighted by molar-refractivity contribution is 0.102. The van der Waals surface area contributed by atoms with E-state index in [-0.39, 0.29) is 5.91 Å². The van der Waals surface area contributed by atoms with Crippen LogP contribution in [-0.2, 0) is 11.5 Å². The normalized spacial score (nSPS) is 12.9. The monoisotopic (exact) mass is 461 g/mol. The molecule has 0 spiro atoms. The Morgan fingerprint density at radius 2 is 2.00 bits per heavy atom. The molecule has 3 aromatic rings. The van der Waals surface area contributed by atoms with Crippen molar-refractivity contribution in [2.24, 2.45) is 0 Å². The molecule has 0 radical (unpaired) electrons. The van der Waals surface area contributed by atoms with Crippen LogP contribution in [0.15, 0.2) is 40.9 Å². The second kappa shape index (κ2) is 7.34. The van der Waals surface area contributed by atoms with E-state index in [1.54, 1.807) is 23.9 Å². The quantitative estimate of drug-likeness (QED) is 0.527. The van der Waals surface area contributed by atoms with Crippen molar-refractivity contribution in [1.29, 1.82) is 0 Å². The summed E-state index contributed by atoms with van der Waals surface area (Å²) in [4.78, 5) is 12.9. The van der Waals surface area contributed by atoms with Gasteiger partial charge in [-0.1, -0.05) is 33.6 Å². The topological polar surface area (TPSA) is 46.9 Å². The summed E-state index contributed by atoms with van der Waals surface area (Å²) in [5.41, 5.74) is 5.88. The molecular weight excluding hydrogens is 446 g/mol. The molecule has 7 heteroatoms. The minimum atomic E-state index is -0.244. The van der Waals surface area contributed by atoms with Gasteiger partial charge >= 0.3 is 0 Å². The fourth-order valence-electron chi connectivity index (χ4n) is 3.03. The Bertz CT molecular complexity index is 1060. The highest BCUT2D eigenvalue weighted by molar-refractivity contribution is 9.10. The Morgan fingerprint density at radius 1 is 1.19 bits per heavy atom. The lowest BCUT2D eigenvalue weighted by Crippen LogP contribution is -2.16.